The van der Waals surface area contributed by atoms with E-state index in [1.54, 1.807) is 44.2 Å². The number of aliphatic carboxylic acids is 1. The number of nitrogens with zero attached hydrogens (tertiary/aromatic N) is 1. The van der Waals surface area contributed by atoms with Crippen LogP contribution in [0.5, 0.6) is 11.5 Å². The highest BCUT2D eigenvalue weighted by atomic mass is 35.5. The van der Waals surface area contributed by atoms with Crippen molar-refractivity contribution in [2.75, 3.05) is 0 Å². The quantitative estimate of drug-likeness (QED) is 0.480. The number of carboxylic acids is 1. The molecule has 0 aliphatic heterocycles. The summed E-state index contributed by atoms with van der Waals surface area (Å²) in [6.45, 7) is 3.42. The lowest BCUT2D eigenvalue weighted by Crippen LogP contribution is -2.28. The molecule has 2 aromatic carbocycles. The summed E-state index contributed by atoms with van der Waals surface area (Å²) in [5, 5.41) is 19.3. The topological polar surface area (TPSA) is 87.4 Å². The highest BCUT2D eigenvalue weighted by molar-refractivity contribution is 6.66. The summed E-state index contributed by atoms with van der Waals surface area (Å²) in [6.07, 6.45) is 2.53. The molecule has 2 aromatic rings. The molecule has 154 valence electrons. The molecule has 0 amide bonds. The Balaban J connectivity index is 2.04. The number of allylic oxidation sites excluding steroid dienone is 2. The monoisotopic (exact) mass is 427 g/mol. The van der Waals surface area contributed by atoms with Gasteiger partial charge in [0.05, 0.1) is 12.0 Å². The molecule has 0 aromatic heterocycles. The first-order valence-electron chi connectivity index (χ1n) is 9.19. The first-order chi connectivity index (χ1) is 14.2. The van der Waals surface area contributed by atoms with Crippen molar-refractivity contribution in [2.45, 2.75) is 19.8 Å². The molecule has 3 rings (SSSR count). The maximum absolute atomic E-state index is 14.3. The van der Waals surface area contributed by atoms with Crippen molar-refractivity contribution >= 4 is 22.8 Å². The summed E-state index contributed by atoms with van der Waals surface area (Å²) in [7, 11) is 0. The number of carbonyl (C=O) groups excluding carboxylic acids is 1. The Morgan fingerprint density at radius 2 is 1.93 bits per heavy atom. The summed E-state index contributed by atoms with van der Waals surface area (Å²) >= 11 is 5.36. The average Bonchev–Trinajstić information content (AvgIpc) is 3.19. The lowest BCUT2D eigenvalue weighted by atomic mass is 9.78. The van der Waals surface area contributed by atoms with Crippen LogP contribution in [-0.4, -0.2) is 16.3 Å². The van der Waals surface area contributed by atoms with E-state index in [1.165, 1.54) is 18.2 Å². The number of hydrogen-bond donors (Lipinski definition) is 1. The van der Waals surface area contributed by atoms with Gasteiger partial charge in [0, 0.05) is 5.92 Å². The van der Waals surface area contributed by atoms with Crippen LogP contribution in [0.4, 0.5) is 4.39 Å². The SMILES string of the molecule is CC1(C)[C@H](/C=C\C(=O)Cl)[C@@]1(C(=O)O)[C@@H](C#N)c1ccc(F)c(Oc2ccccc2)c1. The van der Waals surface area contributed by atoms with Gasteiger partial charge in [-0.05, 0) is 52.9 Å². The van der Waals surface area contributed by atoms with E-state index in [1.807, 2.05) is 0 Å². The van der Waals surface area contributed by atoms with E-state index < -0.39 is 39.7 Å². The molecule has 0 saturated heterocycles. The van der Waals surface area contributed by atoms with Crippen LogP contribution in [0, 0.1) is 33.9 Å². The summed E-state index contributed by atoms with van der Waals surface area (Å²) in [4.78, 5) is 23.5. The van der Waals surface area contributed by atoms with Crippen LogP contribution in [-0.2, 0) is 9.59 Å². The van der Waals surface area contributed by atoms with Crippen molar-refractivity contribution in [1.82, 2.24) is 0 Å². The molecule has 1 N–H and O–H groups in total. The third-order valence-corrected chi connectivity index (χ3v) is 5.99. The van der Waals surface area contributed by atoms with Crippen molar-refractivity contribution in [3.05, 3.63) is 72.1 Å². The molecule has 0 radical (unpaired) electrons. The standard InChI is InChI=1S/C23H19ClFNO4/c1-22(2)19(10-11-20(24)27)23(22,21(28)29)16(13-26)14-8-9-17(25)18(12-14)30-15-6-4-3-5-7-15/h3-12,16,19H,1-2H3,(H,28,29)/b11-10-/t16-,19-,23+/m0/s1. The second kappa shape index (κ2) is 7.92. The minimum Gasteiger partial charge on any atom is -0.481 e. The lowest BCUT2D eigenvalue weighted by molar-refractivity contribution is -0.145. The van der Waals surface area contributed by atoms with Gasteiger partial charge in [-0.3, -0.25) is 9.59 Å². The zero-order chi connectivity index (χ0) is 22.1. The molecular weight excluding hydrogens is 409 g/mol. The van der Waals surface area contributed by atoms with Crippen molar-refractivity contribution in [1.29, 1.82) is 5.26 Å². The third-order valence-electron chi connectivity index (χ3n) is 5.87. The second-order valence-electron chi connectivity index (χ2n) is 7.70. The lowest BCUT2D eigenvalue weighted by Gasteiger charge is -2.22. The number of hydrogen-bond acceptors (Lipinski definition) is 4. The van der Waals surface area contributed by atoms with E-state index in [4.69, 9.17) is 16.3 Å². The number of ether oxygens (including phenoxy) is 1. The molecule has 0 bridgehead atoms. The average molecular weight is 428 g/mol. The fourth-order valence-corrected chi connectivity index (χ4v) is 4.39. The maximum atomic E-state index is 14.3. The minimum atomic E-state index is -1.51. The summed E-state index contributed by atoms with van der Waals surface area (Å²) in [5.41, 5.74) is -2.03. The molecule has 1 saturated carbocycles. The number of carboxylic acid groups (broad SMARTS) is 1. The van der Waals surface area contributed by atoms with Gasteiger partial charge in [-0.15, -0.1) is 0 Å². The Morgan fingerprint density at radius 1 is 1.27 bits per heavy atom. The number of rotatable bonds is 7. The van der Waals surface area contributed by atoms with E-state index >= 15 is 0 Å². The maximum Gasteiger partial charge on any atom is 0.312 e. The highest BCUT2D eigenvalue weighted by Crippen LogP contribution is 2.75. The van der Waals surface area contributed by atoms with Crippen LogP contribution in [0.3, 0.4) is 0 Å². The van der Waals surface area contributed by atoms with Gasteiger partial charge in [-0.1, -0.05) is 44.2 Å². The predicted octanol–water partition coefficient (Wildman–Crippen LogP) is 5.27. The minimum absolute atomic E-state index is 0.110. The number of benzene rings is 2. The summed E-state index contributed by atoms with van der Waals surface area (Å²) < 4.78 is 19.9. The number of halogens is 2. The Bertz CT molecular complexity index is 1060. The molecule has 30 heavy (non-hydrogen) atoms. The van der Waals surface area contributed by atoms with Crippen molar-refractivity contribution < 1.29 is 23.8 Å². The van der Waals surface area contributed by atoms with Gasteiger partial charge in [0.1, 0.15) is 11.2 Å². The Kier molecular flexibility index (Phi) is 5.69. The summed E-state index contributed by atoms with van der Waals surface area (Å²) in [5.74, 6) is -3.24. The smallest absolute Gasteiger partial charge is 0.312 e. The normalized spacial score (nSPS) is 22.8. The van der Waals surface area contributed by atoms with Gasteiger partial charge in [0.25, 0.3) is 0 Å². The van der Waals surface area contributed by atoms with Gasteiger partial charge in [-0.2, -0.15) is 5.26 Å². The van der Waals surface area contributed by atoms with Crippen LogP contribution in [0.1, 0.15) is 25.3 Å². The molecule has 1 fully saturated rings. The fourth-order valence-electron chi connectivity index (χ4n) is 4.32. The third kappa shape index (κ3) is 3.46. The highest BCUT2D eigenvalue weighted by Gasteiger charge is 2.78. The molecule has 0 spiro atoms. The van der Waals surface area contributed by atoms with E-state index in [0.717, 1.165) is 12.1 Å². The van der Waals surface area contributed by atoms with Crippen LogP contribution in [0.2, 0.25) is 0 Å². The Hall–Kier alpha value is -3.17. The Labute approximate surface area is 178 Å². The van der Waals surface area contributed by atoms with E-state index in [2.05, 4.69) is 6.07 Å². The van der Waals surface area contributed by atoms with Gasteiger partial charge < -0.3 is 9.84 Å². The fraction of sp³-hybridized carbons (Fsp3) is 0.261. The van der Waals surface area contributed by atoms with E-state index in [9.17, 15) is 24.3 Å². The van der Waals surface area contributed by atoms with Crippen LogP contribution in [0.15, 0.2) is 60.7 Å². The molecule has 0 unspecified atom stereocenters. The van der Waals surface area contributed by atoms with Crippen molar-refractivity contribution in [2.24, 2.45) is 16.7 Å². The first kappa shape index (κ1) is 21.5. The van der Waals surface area contributed by atoms with Crippen LogP contribution >= 0.6 is 11.6 Å². The molecule has 3 atom stereocenters. The molecule has 1 aliphatic carbocycles. The predicted molar refractivity (Wildman–Crippen MR) is 109 cm³/mol. The van der Waals surface area contributed by atoms with Crippen molar-refractivity contribution in [3.8, 4) is 17.6 Å². The number of carbonyl (C=O) groups is 2. The first-order valence-corrected chi connectivity index (χ1v) is 9.57. The molecule has 0 heterocycles. The van der Waals surface area contributed by atoms with Crippen LogP contribution < -0.4 is 4.74 Å². The summed E-state index contributed by atoms with van der Waals surface area (Å²) in [6, 6.07) is 14.5. The van der Waals surface area contributed by atoms with E-state index in [0.29, 0.717) is 11.3 Å². The van der Waals surface area contributed by atoms with Crippen molar-refractivity contribution in [3.63, 3.8) is 0 Å². The van der Waals surface area contributed by atoms with E-state index in [-0.39, 0.29) is 5.75 Å². The Morgan fingerprint density at radius 3 is 2.50 bits per heavy atom. The number of para-hydroxylation sites is 1. The largest absolute Gasteiger partial charge is 0.481 e. The molecular formula is C23H19ClFNO4. The van der Waals surface area contributed by atoms with Gasteiger partial charge >= 0.3 is 5.97 Å². The second-order valence-corrected chi connectivity index (χ2v) is 8.08. The zero-order valence-corrected chi connectivity index (χ0v) is 17.1. The zero-order valence-electron chi connectivity index (χ0n) is 16.3. The molecule has 5 nitrogen and oxygen atoms in total. The van der Waals surface area contributed by atoms with Gasteiger partial charge in [-0.25, -0.2) is 4.39 Å². The number of nitriles is 1. The van der Waals surface area contributed by atoms with Gasteiger partial charge in [0.15, 0.2) is 11.6 Å². The van der Waals surface area contributed by atoms with Crippen LogP contribution in [0.25, 0.3) is 0 Å². The van der Waals surface area contributed by atoms with Gasteiger partial charge in [0.2, 0.25) is 5.24 Å². The molecule has 1 aliphatic rings. The molecule has 7 heteroatoms.